The smallest absolute Gasteiger partial charge is 0.410 e. The highest BCUT2D eigenvalue weighted by Gasteiger charge is 2.26. The van der Waals surface area contributed by atoms with Crippen molar-refractivity contribution in [3.8, 4) is 28.3 Å². The lowest BCUT2D eigenvalue weighted by atomic mass is 9.94. The van der Waals surface area contributed by atoms with Crippen molar-refractivity contribution >= 4 is 34.3 Å². The standard InChI is InChI=1S/C36H36FN7O4/c1-36(2,3)48-35(46)44-16-13-22(14-17-44)25-6-5-15-39-31(25)27-20-40-30(29-32(27)42-43-33(29)38)23-9-7-21(8-10-23)19-41-34(45)26-18-24(37)11-12-28(26)47-4/h5-13,15,18,20H,14,16-17,19H2,1-4H3,(H,41,45)(H3,38,42,43). The summed E-state index contributed by atoms with van der Waals surface area (Å²) in [4.78, 5) is 36.6. The molecule has 0 atom stereocenters. The molecule has 0 spiro atoms. The average molecular weight is 650 g/mol. The zero-order valence-electron chi connectivity index (χ0n) is 27.1. The topological polar surface area (TPSA) is 148 Å². The van der Waals surface area contributed by atoms with Crippen LogP contribution in [-0.4, -0.2) is 62.9 Å². The second kappa shape index (κ2) is 13.1. The Kier molecular flexibility index (Phi) is 8.81. The predicted molar refractivity (Wildman–Crippen MR) is 181 cm³/mol. The minimum Gasteiger partial charge on any atom is -0.496 e. The largest absolute Gasteiger partial charge is 0.496 e. The number of anilines is 1. The molecule has 0 saturated carbocycles. The van der Waals surface area contributed by atoms with Crippen molar-refractivity contribution in [3.05, 3.63) is 95.6 Å². The monoisotopic (exact) mass is 649 g/mol. The van der Waals surface area contributed by atoms with E-state index in [1.54, 1.807) is 17.3 Å². The summed E-state index contributed by atoms with van der Waals surface area (Å²) in [5, 5.41) is 10.9. The molecular weight excluding hydrogens is 613 g/mol. The van der Waals surface area contributed by atoms with Crippen LogP contribution in [0.1, 0.15) is 48.7 Å². The van der Waals surface area contributed by atoms with E-state index in [9.17, 15) is 14.0 Å². The molecule has 0 radical (unpaired) electrons. The fourth-order valence-corrected chi connectivity index (χ4v) is 5.65. The summed E-state index contributed by atoms with van der Waals surface area (Å²) in [7, 11) is 1.43. The highest BCUT2D eigenvalue weighted by molar-refractivity contribution is 6.06. The molecule has 0 fully saturated rings. The number of rotatable bonds is 7. The van der Waals surface area contributed by atoms with Gasteiger partial charge in [-0.3, -0.25) is 19.9 Å². The van der Waals surface area contributed by atoms with Gasteiger partial charge < -0.3 is 25.4 Å². The first-order chi connectivity index (χ1) is 23.0. The van der Waals surface area contributed by atoms with Crippen molar-refractivity contribution in [1.29, 1.82) is 0 Å². The molecule has 1 aliphatic heterocycles. The zero-order chi connectivity index (χ0) is 34.0. The predicted octanol–water partition coefficient (Wildman–Crippen LogP) is 6.37. The molecule has 12 heteroatoms. The third-order valence-corrected chi connectivity index (χ3v) is 7.98. The maximum Gasteiger partial charge on any atom is 0.410 e. The van der Waals surface area contributed by atoms with Crippen LogP contribution >= 0.6 is 0 Å². The molecule has 11 nitrogen and oxygen atoms in total. The fraction of sp³-hybridized carbons (Fsp3) is 0.250. The van der Waals surface area contributed by atoms with Crippen LogP contribution in [-0.2, 0) is 11.3 Å². The number of hydrogen-bond donors (Lipinski definition) is 3. The minimum absolute atomic E-state index is 0.120. The third-order valence-electron chi connectivity index (χ3n) is 7.98. The van der Waals surface area contributed by atoms with Gasteiger partial charge in [-0.15, -0.1) is 0 Å². The van der Waals surface area contributed by atoms with Crippen LogP contribution in [0, 0.1) is 5.82 Å². The van der Waals surface area contributed by atoms with Gasteiger partial charge in [-0.25, -0.2) is 9.18 Å². The van der Waals surface area contributed by atoms with Crippen molar-refractivity contribution in [2.24, 2.45) is 0 Å². The highest BCUT2D eigenvalue weighted by Crippen LogP contribution is 2.38. The van der Waals surface area contributed by atoms with Gasteiger partial charge in [0.05, 0.1) is 35.0 Å². The lowest BCUT2D eigenvalue weighted by molar-refractivity contribution is 0.0270. The number of hydrogen-bond acceptors (Lipinski definition) is 8. The van der Waals surface area contributed by atoms with Crippen LogP contribution in [0.2, 0.25) is 0 Å². The first-order valence-electron chi connectivity index (χ1n) is 15.5. The fourth-order valence-electron chi connectivity index (χ4n) is 5.65. The molecule has 48 heavy (non-hydrogen) atoms. The van der Waals surface area contributed by atoms with Gasteiger partial charge in [0, 0.05) is 48.7 Å². The number of carbonyl (C=O) groups is 2. The number of aromatic nitrogens is 4. The van der Waals surface area contributed by atoms with E-state index in [1.165, 1.54) is 19.2 Å². The van der Waals surface area contributed by atoms with Crippen molar-refractivity contribution in [1.82, 2.24) is 30.4 Å². The Balaban J connectivity index is 1.24. The number of amides is 2. The number of ether oxygens (including phenoxy) is 2. The molecule has 0 unspecified atom stereocenters. The lowest BCUT2D eigenvalue weighted by Gasteiger charge is -2.30. The summed E-state index contributed by atoms with van der Waals surface area (Å²) in [6.45, 7) is 6.74. The van der Waals surface area contributed by atoms with E-state index in [-0.39, 0.29) is 18.2 Å². The van der Waals surface area contributed by atoms with Crippen LogP contribution in [0.25, 0.3) is 39.0 Å². The Morgan fingerprint density at radius 3 is 2.56 bits per heavy atom. The lowest BCUT2D eigenvalue weighted by Crippen LogP contribution is -2.39. The first-order valence-corrected chi connectivity index (χ1v) is 15.5. The molecule has 4 N–H and O–H groups in total. The number of aromatic amines is 1. The second-order valence-electron chi connectivity index (χ2n) is 12.4. The highest BCUT2D eigenvalue weighted by atomic mass is 19.1. The summed E-state index contributed by atoms with van der Waals surface area (Å²) in [6.07, 6.45) is 5.84. The normalized spacial score (nSPS) is 13.3. The first kappa shape index (κ1) is 32.2. The molecule has 3 aromatic heterocycles. The van der Waals surface area contributed by atoms with E-state index in [0.29, 0.717) is 47.7 Å². The van der Waals surface area contributed by atoms with Crippen LogP contribution in [0.5, 0.6) is 5.75 Å². The second-order valence-corrected chi connectivity index (χ2v) is 12.4. The number of nitrogens with zero attached hydrogens (tertiary/aromatic N) is 4. The molecule has 0 bridgehead atoms. The minimum atomic E-state index is -0.561. The Bertz CT molecular complexity index is 2030. The van der Waals surface area contributed by atoms with Crippen LogP contribution in [0.3, 0.4) is 0 Å². The number of pyridine rings is 2. The maximum absolute atomic E-state index is 13.8. The summed E-state index contributed by atoms with van der Waals surface area (Å²) >= 11 is 0. The van der Waals surface area contributed by atoms with Crippen LogP contribution in [0.15, 0.2) is 73.1 Å². The molecule has 1 aliphatic rings. The molecule has 246 valence electrons. The summed E-state index contributed by atoms with van der Waals surface area (Å²) in [5.74, 6) is -0.375. The molecule has 2 amide bonds. The number of carbonyl (C=O) groups excluding carboxylic acids is 2. The number of nitrogens with two attached hydrogens (primary N) is 1. The van der Waals surface area contributed by atoms with Gasteiger partial charge in [0.15, 0.2) is 5.82 Å². The van der Waals surface area contributed by atoms with Gasteiger partial charge in [-0.1, -0.05) is 36.4 Å². The number of nitrogen functional groups attached to an aromatic ring is 1. The number of fused-ring (bicyclic) bond motifs is 1. The Morgan fingerprint density at radius 2 is 1.85 bits per heavy atom. The van der Waals surface area contributed by atoms with E-state index in [1.807, 2.05) is 63.2 Å². The Morgan fingerprint density at radius 1 is 1.06 bits per heavy atom. The van der Waals surface area contributed by atoms with Crippen LogP contribution < -0.4 is 15.8 Å². The van der Waals surface area contributed by atoms with Gasteiger partial charge >= 0.3 is 6.09 Å². The summed E-state index contributed by atoms with van der Waals surface area (Å²) in [6, 6.07) is 15.3. The van der Waals surface area contributed by atoms with Gasteiger partial charge in [0.1, 0.15) is 17.2 Å². The Labute approximate surface area is 277 Å². The van der Waals surface area contributed by atoms with Crippen molar-refractivity contribution in [2.45, 2.75) is 39.3 Å². The molecule has 4 heterocycles. The van der Waals surface area contributed by atoms with Gasteiger partial charge in [0.2, 0.25) is 0 Å². The summed E-state index contributed by atoms with van der Waals surface area (Å²) < 4.78 is 24.5. The number of halogens is 1. The van der Waals surface area contributed by atoms with E-state index in [0.717, 1.165) is 39.6 Å². The van der Waals surface area contributed by atoms with Gasteiger partial charge in [0.25, 0.3) is 5.91 Å². The summed E-state index contributed by atoms with van der Waals surface area (Å²) in [5.41, 5.74) is 12.4. The quantitative estimate of drug-likeness (QED) is 0.184. The van der Waals surface area contributed by atoms with Crippen molar-refractivity contribution < 1.29 is 23.5 Å². The number of nitrogens with one attached hydrogen (secondary N) is 2. The van der Waals surface area contributed by atoms with Crippen molar-refractivity contribution in [2.75, 3.05) is 25.9 Å². The molecule has 0 saturated heterocycles. The van der Waals surface area contributed by atoms with Crippen molar-refractivity contribution in [3.63, 3.8) is 0 Å². The average Bonchev–Trinajstić information content (AvgIpc) is 3.48. The maximum atomic E-state index is 13.8. The SMILES string of the molecule is COc1ccc(F)cc1C(=O)NCc1ccc(-c2ncc(-c3ncccc3C3=CCN(C(=O)OC(C)(C)C)CC3)c3[nH]nc(N)c23)cc1. The van der Waals surface area contributed by atoms with E-state index < -0.39 is 17.3 Å². The molecule has 6 rings (SSSR count). The number of H-pyrrole nitrogens is 1. The van der Waals surface area contributed by atoms with Crippen LogP contribution in [0.4, 0.5) is 15.0 Å². The van der Waals surface area contributed by atoms with E-state index in [2.05, 4.69) is 15.5 Å². The number of methoxy groups -OCH3 is 1. The molecule has 5 aromatic rings. The third kappa shape index (κ3) is 6.68. The molecule has 2 aromatic carbocycles. The Hall–Kier alpha value is -5.78. The van der Waals surface area contributed by atoms with E-state index >= 15 is 0 Å². The zero-order valence-corrected chi connectivity index (χ0v) is 27.1. The number of benzene rings is 2. The van der Waals surface area contributed by atoms with E-state index in [4.69, 9.17) is 25.2 Å². The molecular formula is C36H36FN7O4. The molecule has 0 aliphatic carbocycles. The van der Waals surface area contributed by atoms with Gasteiger partial charge in [-0.2, -0.15) is 5.10 Å². The van der Waals surface area contributed by atoms with Gasteiger partial charge in [-0.05, 0) is 62.6 Å².